The minimum atomic E-state index is -0.0955. The molecule has 0 heterocycles. The first-order valence-corrected chi connectivity index (χ1v) is 8.37. The van der Waals surface area contributed by atoms with Gasteiger partial charge in [-0.3, -0.25) is 0 Å². The van der Waals surface area contributed by atoms with E-state index in [-0.39, 0.29) is 6.10 Å². The van der Waals surface area contributed by atoms with E-state index in [9.17, 15) is 0 Å². The van der Waals surface area contributed by atoms with E-state index in [2.05, 4.69) is 20.8 Å². The molecule has 0 fully saturated rings. The quantitative estimate of drug-likeness (QED) is 0.525. The molecule has 0 aromatic rings. The maximum Gasteiger partial charge on any atom is 0.0512 e. The molecule has 0 aliphatic heterocycles. The highest BCUT2D eigenvalue weighted by Crippen LogP contribution is 2.11. The highest BCUT2D eigenvalue weighted by Gasteiger charge is 1.99. The predicted molar refractivity (Wildman–Crippen MR) is 85.4 cm³/mol. The summed E-state index contributed by atoms with van der Waals surface area (Å²) in [6.07, 6.45) is 12.2. The maximum atomic E-state index is 8.85. The van der Waals surface area contributed by atoms with Crippen LogP contribution in [0.15, 0.2) is 0 Å². The molecule has 0 rings (SSSR count). The Morgan fingerprint density at radius 2 is 1.26 bits per heavy atom. The predicted octanol–water partition coefficient (Wildman–Crippen LogP) is 4.92. The smallest absolute Gasteiger partial charge is 0.0512 e. The molecular weight excluding hydrogens is 236 g/mol. The monoisotopic (exact) mass is 274 g/mol. The van der Waals surface area contributed by atoms with Crippen molar-refractivity contribution in [1.29, 1.82) is 0 Å². The van der Waals surface area contributed by atoms with E-state index in [4.69, 9.17) is 10.2 Å². The zero-order chi connectivity index (χ0) is 14.9. The summed E-state index contributed by atoms with van der Waals surface area (Å²) in [7, 11) is 0. The summed E-state index contributed by atoms with van der Waals surface area (Å²) < 4.78 is 0. The van der Waals surface area contributed by atoms with E-state index in [1.807, 2.05) is 6.92 Å². The summed E-state index contributed by atoms with van der Waals surface area (Å²) in [5.41, 5.74) is 0. The number of hydrogen-bond acceptors (Lipinski definition) is 2. The molecule has 2 atom stereocenters. The van der Waals surface area contributed by atoms with Gasteiger partial charge in [-0.2, -0.15) is 0 Å². The zero-order valence-corrected chi connectivity index (χ0v) is 13.8. The molecule has 19 heavy (non-hydrogen) atoms. The molecule has 2 unspecified atom stereocenters. The molecule has 2 heteroatoms. The minimum absolute atomic E-state index is 0.0955. The molecule has 0 spiro atoms. The van der Waals surface area contributed by atoms with Gasteiger partial charge in [-0.1, -0.05) is 72.1 Å². The highest BCUT2D eigenvalue weighted by atomic mass is 16.3. The molecule has 0 aromatic carbocycles. The van der Waals surface area contributed by atoms with E-state index >= 15 is 0 Å². The number of aliphatic hydroxyl groups excluding tert-OH is 2. The summed E-state index contributed by atoms with van der Waals surface area (Å²) in [5.74, 6) is 0.719. The molecule has 0 aliphatic carbocycles. The van der Waals surface area contributed by atoms with Crippen molar-refractivity contribution in [2.45, 2.75) is 98.0 Å². The Labute approximate surface area is 121 Å². The van der Waals surface area contributed by atoms with Crippen LogP contribution in [0, 0.1) is 5.92 Å². The normalized spacial score (nSPS) is 13.6. The van der Waals surface area contributed by atoms with Gasteiger partial charge in [0, 0.05) is 6.61 Å². The van der Waals surface area contributed by atoms with Crippen LogP contribution >= 0.6 is 0 Å². The fourth-order valence-corrected chi connectivity index (χ4v) is 1.97. The Hall–Kier alpha value is -0.0800. The van der Waals surface area contributed by atoms with E-state index in [1.54, 1.807) is 0 Å². The van der Waals surface area contributed by atoms with Crippen molar-refractivity contribution >= 4 is 0 Å². The average Bonchev–Trinajstić information content (AvgIpc) is 2.36. The molecule has 2 N–H and O–H groups in total. The van der Waals surface area contributed by atoms with Gasteiger partial charge in [0.2, 0.25) is 0 Å². The molecule has 118 valence electrons. The fourth-order valence-electron chi connectivity index (χ4n) is 1.97. The third-order valence-electron chi connectivity index (χ3n) is 3.40. The van der Waals surface area contributed by atoms with Gasteiger partial charge in [-0.15, -0.1) is 0 Å². The van der Waals surface area contributed by atoms with Crippen molar-refractivity contribution < 1.29 is 10.2 Å². The van der Waals surface area contributed by atoms with Crippen molar-refractivity contribution in [1.82, 2.24) is 0 Å². The van der Waals surface area contributed by atoms with Crippen molar-refractivity contribution in [2.24, 2.45) is 5.92 Å². The van der Waals surface area contributed by atoms with Crippen LogP contribution in [0.25, 0.3) is 0 Å². The Bertz CT molecular complexity index is 146. The van der Waals surface area contributed by atoms with Crippen LogP contribution < -0.4 is 0 Å². The van der Waals surface area contributed by atoms with Crippen LogP contribution in [0.5, 0.6) is 0 Å². The van der Waals surface area contributed by atoms with Gasteiger partial charge in [-0.05, 0) is 25.7 Å². The van der Waals surface area contributed by atoms with Crippen molar-refractivity contribution in [3.8, 4) is 0 Å². The number of rotatable bonds is 11. The first-order chi connectivity index (χ1) is 9.08. The summed E-state index contributed by atoms with van der Waals surface area (Å²) in [4.78, 5) is 0. The molecular formula is C17H38O2. The Morgan fingerprint density at radius 1 is 0.737 bits per heavy atom. The number of aliphatic hydroxyl groups is 2. The van der Waals surface area contributed by atoms with Crippen LogP contribution in [0.1, 0.15) is 91.9 Å². The van der Waals surface area contributed by atoms with Gasteiger partial charge in [0.1, 0.15) is 0 Å². The molecule has 0 bridgehead atoms. The lowest BCUT2D eigenvalue weighted by Crippen LogP contribution is -1.97. The zero-order valence-electron chi connectivity index (χ0n) is 13.8. The van der Waals surface area contributed by atoms with Gasteiger partial charge >= 0.3 is 0 Å². The van der Waals surface area contributed by atoms with Crippen LogP contribution in [0.2, 0.25) is 0 Å². The van der Waals surface area contributed by atoms with Crippen LogP contribution in [0.4, 0.5) is 0 Å². The number of unbranched alkanes of at least 4 members (excludes halogenated alkanes) is 5. The van der Waals surface area contributed by atoms with Crippen LogP contribution in [-0.2, 0) is 0 Å². The Balaban J connectivity index is 0. The van der Waals surface area contributed by atoms with Crippen LogP contribution in [0.3, 0.4) is 0 Å². The largest absolute Gasteiger partial charge is 0.396 e. The first kappa shape index (κ1) is 21.2. The Kier molecular flexibility index (Phi) is 20.0. The highest BCUT2D eigenvalue weighted by molar-refractivity contribution is 4.51. The summed E-state index contributed by atoms with van der Waals surface area (Å²) in [6, 6.07) is 0. The molecule has 0 saturated heterocycles. The lowest BCUT2D eigenvalue weighted by Gasteiger charge is -2.07. The molecule has 0 amide bonds. The number of hydrogen-bond donors (Lipinski definition) is 2. The second kappa shape index (κ2) is 17.9. The van der Waals surface area contributed by atoms with E-state index in [0.717, 1.165) is 18.8 Å². The average molecular weight is 274 g/mol. The summed E-state index contributed by atoms with van der Waals surface area (Å²) in [6.45, 7) is 8.84. The van der Waals surface area contributed by atoms with Gasteiger partial charge < -0.3 is 10.2 Å². The van der Waals surface area contributed by atoms with Crippen LogP contribution in [-0.4, -0.2) is 22.9 Å². The van der Waals surface area contributed by atoms with E-state index in [0.29, 0.717) is 6.61 Å². The Morgan fingerprint density at radius 3 is 1.74 bits per heavy atom. The fraction of sp³-hybridized carbons (Fsp3) is 1.00. The van der Waals surface area contributed by atoms with Gasteiger partial charge in [0.15, 0.2) is 0 Å². The lowest BCUT2D eigenvalue weighted by atomic mass is 10.0. The van der Waals surface area contributed by atoms with Gasteiger partial charge in [0.25, 0.3) is 0 Å². The van der Waals surface area contributed by atoms with E-state index < -0.39 is 0 Å². The van der Waals surface area contributed by atoms with Crippen molar-refractivity contribution in [2.75, 3.05) is 6.61 Å². The standard InChI is InChI=1S/C9H20O.C8H18O/c1-3-4-5-6-9(2)7-8-10;1-3-4-5-6-7-8(2)9/h9-10H,3-8H2,1-2H3;8-9H,3-7H2,1-2H3. The maximum absolute atomic E-state index is 8.85. The topological polar surface area (TPSA) is 40.5 Å². The molecule has 0 aromatic heterocycles. The van der Waals surface area contributed by atoms with E-state index in [1.165, 1.54) is 51.4 Å². The first-order valence-electron chi connectivity index (χ1n) is 8.37. The lowest BCUT2D eigenvalue weighted by molar-refractivity contribution is 0.180. The van der Waals surface area contributed by atoms with Gasteiger partial charge in [-0.25, -0.2) is 0 Å². The second-order valence-electron chi connectivity index (χ2n) is 5.81. The van der Waals surface area contributed by atoms with Gasteiger partial charge in [0.05, 0.1) is 6.10 Å². The van der Waals surface area contributed by atoms with Crippen molar-refractivity contribution in [3.05, 3.63) is 0 Å². The molecule has 0 radical (unpaired) electrons. The third kappa shape index (κ3) is 23.4. The van der Waals surface area contributed by atoms with Crippen molar-refractivity contribution in [3.63, 3.8) is 0 Å². The SMILES string of the molecule is CCCCCC(C)CCO.CCCCCCC(C)O. The molecule has 2 nitrogen and oxygen atoms in total. The third-order valence-corrected chi connectivity index (χ3v) is 3.40. The minimum Gasteiger partial charge on any atom is -0.396 e. The molecule has 0 saturated carbocycles. The summed E-state index contributed by atoms with van der Waals surface area (Å²) >= 11 is 0. The second-order valence-corrected chi connectivity index (χ2v) is 5.81. The molecule has 0 aliphatic rings. The summed E-state index contributed by atoms with van der Waals surface area (Å²) in [5, 5.41) is 17.4.